The van der Waals surface area contributed by atoms with Crippen molar-refractivity contribution in [2.75, 3.05) is 0 Å². The zero-order valence-corrected chi connectivity index (χ0v) is 21.3. The summed E-state index contributed by atoms with van der Waals surface area (Å²) < 4.78 is 1.34. The van der Waals surface area contributed by atoms with Crippen molar-refractivity contribution < 1.29 is 4.79 Å². The lowest BCUT2D eigenvalue weighted by Gasteiger charge is -2.00. The monoisotopic (exact) mass is 550 g/mol. The van der Waals surface area contributed by atoms with Gasteiger partial charge in [0.2, 0.25) is 0 Å². The fraction of sp³-hybridized carbons (Fsp3) is 0. The second-order valence-corrected chi connectivity index (χ2v) is 9.64. The number of rotatable bonds is 2. The Balaban J connectivity index is 1.86. The molecule has 0 atom stereocenters. The van der Waals surface area contributed by atoms with Crippen molar-refractivity contribution in [2.24, 2.45) is 0 Å². The summed E-state index contributed by atoms with van der Waals surface area (Å²) >= 11 is 26.9. The van der Waals surface area contributed by atoms with Crippen LogP contribution in [0.3, 0.4) is 0 Å². The Morgan fingerprint density at radius 2 is 1.53 bits per heavy atom. The van der Waals surface area contributed by atoms with Gasteiger partial charge in [-0.1, -0.05) is 65.1 Å². The number of nitrogens with zero attached hydrogens (tertiary/aromatic N) is 3. The molecule has 9 heteroatoms. The van der Waals surface area contributed by atoms with Gasteiger partial charge in [-0.05, 0) is 48.0 Å². The van der Waals surface area contributed by atoms with Gasteiger partial charge in [0.05, 0.1) is 48.8 Å². The fourth-order valence-corrected chi connectivity index (χ4v) is 5.47. The average molecular weight is 552 g/mol. The van der Waals surface area contributed by atoms with Crippen LogP contribution in [0.25, 0.3) is 55.4 Å². The topological polar surface area (TPSA) is 63.6 Å². The van der Waals surface area contributed by atoms with Crippen molar-refractivity contribution in [2.45, 2.75) is 0 Å². The van der Waals surface area contributed by atoms with Gasteiger partial charge in [-0.3, -0.25) is 8.88 Å². The zero-order chi connectivity index (χ0) is 25.0. The number of nitrogens with one attached hydrogen (secondary N) is 1. The van der Waals surface area contributed by atoms with Crippen molar-refractivity contribution in [1.82, 2.24) is 19.0 Å². The van der Waals surface area contributed by atoms with Crippen molar-refractivity contribution in [3.05, 3.63) is 94.0 Å². The first-order valence-electron chi connectivity index (χ1n) is 10.8. The minimum absolute atomic E-state index is 0.0965. The van der Waals surface area contributed by atoms with Crippen LogP contribution in [-0.2, 0) is 0 Å². The molecule has 2 aliphatic rings. The first-order chi connectivity index (χ1) is 17.4. The summed E-state index contributed by atoms with van der Waals surface area (Å²) in [6, 6.07) is 18.8. The van der Waals surface area contributed by atoms with Crippen LogP contribution in [0, 0.1) is 0 Å². The molecule has 8 bridgehead atoms. The van der Waals surface area contributed by atoms with Gasteiger partial charge in [-0.15, -0.1) is 0 Å². The van der Waals surface area contributed by atoms with Crippen molar-refractivity contribution in [3.8, 4) is 11.1 Å². The highest BCUT2D eigenvalue weighted by Crippen LogP contribution is 2.43. The van der Waals surface area contributed by atoms with E-state index >= 15 is 0 Å². The predicted molar refractivity (Wildman–Crippen MR) is 149 cm³/mol. The summed E-state index contributed by atoms with van der Waals surface area (Å²) in [7, 11) is 0. The van der Waals surface area contributed by atoms with E-state index in [-0.39, 0.29) is 26.3 Å². The molecule has 5 heterocycles. The van der Waals surface area contributed by atoms with E-state index in [9.17, 15) is 4.79 Å². The Hall–Kier alpha value is -3.35. The molecule has 36 heavy (non-hydrogen) atoms. The SMILES string of the molecule is O=Cc1c(-c2ccccc2)c2cc3nc(cc4ccc(cc5nc(c(Cl)c1n2Cl)C(Cl)=C5Cl)[nH]4)C=C3. The molecule has 4 aromatic rings. The largest absolute Gasteiger partial charge is 0.355 e. The maximum absolute atomic E-state index is 12.5. The van der Waals surface area contributed by atoms with E-state index in [1.165, 1.54) is 4.09 Å². The summed E-state index contributed by atoms with van der Waals surface area (Å²) in [5.74, 6) is 0. The maximum Gasteiger partial charge on any atom is 0.152 e. The number of carbonyl (C=O) groups is 1. The summed E-state index contributed by atoms with van der Waals surface area (Å²) in [6.45, 7) is 0. The smallest absolute Gasteiger partial charge is 0.152 e. The normalized spacial score (nSPS) is 12.9. The molecule has 3 aromatic heterocycles. The minimum atomic E-state index is 0.0965. The number of benzene rings is 1. The van der Waals surface area contributed by atoms with Gasteiger partial charge in [-0.2, -0.15) is 0 Å². The summed E-state index contributed by atoms with van der Waals surface area (Å²) in [5, 5.41) is 0.504. The molecule has 0 saturated heterocycles. The molecule has 0 fully saturated rings. The molecular weight excluding hydrogens is 538 g/mol. The Bertz CT molecular complexity index is 1800. The third-order valence-electron chi connectivity index (χ3n) is 5.94. The van der Waals surface area contributed by atoms with Crippen LogP contribution < -0.4 is 0 Å². The molecule has 2 aliphatic heterocycles. The highest BCUT2D eigenvalue weighted by Gasteiger charge is 2.25. The van der Waals surface area contributed by atoms with E-state index in [0.717, 1.165) is 28.6 Å². The molecule has 0 saturated carbocycles. The number of carbonyl (C=O) groups excluding carboxylic acids is 1. The molecule has 0 radical (unpaired) electrons. The summed E-state index contributed by atoms with van der Waals surface area (Å²) in [6.07, 6.45) is 4.51. The Morgan fingerprint density at radius 3 is 2.25 bits per heavy atom. The molecule has 1 aromatic carbocycles. The van der Waals surface area contributed by atoms with Crippen LogP contribution >= 0.6 is 46.6 Å². The standard InChI is InChI=1S/C27H14Cl4N4O/c28-23-20-11-17-8-6-15(32-17)10-16-7-9-18(33-16)12-21-22(14-4-2-1-3-5-14)19(13-36)27(35(21)31)25(30)26(34-20)24(23)29/h1-13,32H. The van der Waals surface area contributed by atoms with E-state index < -0.39 is 0 Å². The molecule has 0 unspecified atom stereocenters. The number of aromatic nitrogens is 4. The van der Waals surface area contributed by atoms with Crippen LogP contribution in [0.2, 0.25) is 5.02 Å². The van der Waals surface area contributed by atoms with Gasteiger partial charge in [0.1, 0.15) is 5.69 Å². The number of H-pyrrole nitrogens is 1. The van der Waals surface area contributed by atoms with Crippen LogP contribution in [0.15, 0.2) is 60.7 Å². The van der Waals surface area contributed by atoms with Crippen LogP contribution in [0.4, 0.5) is 0 Å². The number of fused-ring (bicyclic) bond motifs is 8. The third kappa shape index (κ3) is 3.76. The number of hydrogen-bond acceptors (Lipinski definition) is 3. The molecule has 0 aliphatic carbocycles. The van der Waals surface area contributed by atoms with E-state index in [2.05, 4.69) is 9.97 Å². The maximum atomic E-state index is 12.5. The molecule has 5 nitrogen and oxygen atoms in total. The molecule has 0 spiro atoms. The van der Waals surface area contributed by atoms with Crippen LogP contribution in [0.1, 0.15) is 33.1 Å². The Kier molecular flexibility index (Phi) is 5.73. The average Bonchev–Trinajstić information content (AvgIpc) is 3.64. The Morgan fingerprint density at radius 1 is 0.833 bits per heavy atom. The first kappa shape index (κ1) is 23.1. The van der Waals surface area contributed by atoms with E-state index in [1.54, 1.807) is 6.07 Å². The first-order valence-corrected chi connectivity index (χ1v) is 12.3. The van der Waals surface area contributed by atoms with Gasteiger partial charge < -0.3 is 4.98 Å². The fourth-order valence-electron chi connectivity index (χ4n) is 4.32. The van der Waals surface area contributed by atoms with Crippen molar-refractivity contribution >= 4 is 97.1 Å². The highest BCUT2D eigenvalue weighted by atomic mass is 35.5. The molecule has 1 N–H and O–H groups in total. The van der Waals surface area contributed by atoms with Gasteiger partial charge >= 0.3 is 0 Å². The van der Waals surface area contributed by atoms with Crippen LogP contribution in [0.5, 0.6) is 0 Å². The van der Waals surface area contributed by atoms with E-state index in [0.29, 0.717) is 28.0 Å². The summed E-state index contributed by atoms with van der Waals surface area (Å²) in [4.78, 5) is 25.1. The lowest BCUT2D eigenvalue weighted by atomic mass is 10.0. The lowest BCUT2D eigenvalue weighted by molar-refractivity contribution is 0.112. The zero-order valence-electron chi connectivity index (χ0n) is 18.3. The van der Waals surface area contributed by atoms with Crippen LogP contribution in [-0.4, -0.2) is 25.3 Å². The van der Waals surface area contributed by atoms with Crippen molar-refractivity contribution in [3.63, 3.8) is 0 Å². The second-order valence-electron chi connectivity index (χ2n) is 8.17. The van der Waals surface area contributed by atoms with Gasteiger partial charge in [-0.25, -0.2) is 9.97 Å². The summed E-state index contributed by atoms with van der Waals surface area (Å²) in [5.41, 5.74) is 6.20. The number of halogens is 4. The molecule has 6 rings (SSSR count). The van der Waals surface area contributed by atoms with E-state index in [4.69, 9.17) is 51.6 Å². The quantitative estimate of drug-likeness (QED) is 0.224. The second kappa shape index (κ2) is 8.95. The lowest BCUT2D eigenvalue weighted by Crippen LogP contribution is -1.87. The number of aromatic amines is 1. The predicted octanol–water partition coefficient (Wildman–Crippen LogP) is 8.40. The van der Waals surface area contributed by atoms with Gasteiger partial charge in [0, 0.05) is 28.4 Å². The Labute approximate surface area is 225 Å². The van der Waals surface area contributed by atoms with Gasteiger partial charge in [0.25, 0.3) is 0 Å². The number of aldehydes is 1. The molecule has 176 valence electrons. The van der Waals surface area contributed by atoms with E-state index in [1.807, 2.05) is 66.7 Å². The van der Waals surface area contributed by atoms with Crippen molar-refractivity contribution in [1.29, 1.82) is 0 Å². The molecule has 0 amide bonds. The minimum Gasteiger partial charge on any atom is -0.355 e. The molecular formula is C27H14Cl4N4O. The van der Waals surface area contributed by atoms with Gasteiger partial charge in [0.15, 0.2) is 6.29 Å². The highest BCUT2D eigenvalue weighted by molar-refractivity contribution is 6.66. The number of hydrogen-bond donors (Lipinski definition) is 1. The third-order valence-corrected chi connectivity index (χ3v) is 7.49.